The molecule has 0 bridgehead atoms. The number of hydrogen-bond acceptors (Lipinski definition) is 3. The van der Waals surface area contributed by atoms with Gasteiger partial charge in [-0.05, 0) is 41.0 Å². The molecule has 0 radical (unpaired) electrons. The summed E-state index contributed by atoms with van der Waals surface area (Å²) in [6.07, 6.45) is 0.645. The maximum Gasteiger partial charge on any atom is 0.146 e. The molecule has 18 heavy (non-hydrogen) atoms. The number of ether oxygens (including phenoxy) is 2. The van der Waals surface area contributed by atoms with Crippen LogP contribution in [0.15, 0.2) is 40.5 Å². The van der Waals surface area contributed by atoms with Crippen LogP contribution in [0.1, 0.15) is 12.0 Å². The molecule has 3 nitrogen and oxygen atoms in total. The quantitative estimate of drug-likeness (QED) is 0.571. The Labute approximate surface area is 122 Å². The van der Waals surface area contributed by atoms with Crippen LogP contribution in [-0.4, -0.2) is 31.2 Å². The Bertz CT molecular complexity index is 353. The number of hydrogen-bond donors (Lipinski definition) is 1. The van der Waals surface area contributed by atoms with E-state index in [0.717, 1.165) is 12.8 Å². The largest absolute Gasteiger partial charge is 0.385 e. The number of aliphatic hydroxyl groups excluding tert-OH is 1. The second-order valence-corrected chi connectivity index (χ2v) is 5.41. The highest BCUT2D eigenvalue weighted by molar-refractivity contribution is 14.1. The molecular formula is C14H19IO3. The molecule has 1 rings (SSSR count). The first-order valence-electron chi connectivity index (χ1n) is 5.82. The van der Waals surface area contributed by atoms with Crippen molar-refractivity contribution in [2.75, 3.05) is 13.9 Å². The SMILES string of the molecule is C=C(I)[C@H](O)[C@H](CCc1ccccc1)OCOC. The minimum Gasteiger partial charge on any atom is -0.385 e. The molecule has 2 atom stereocenters. The minimum absolute atomic E-state index is 0.181. The van der Waals surface area contributed by atoms with Crippen molar-refractivity contribution in [3.05, 3.63) is 46.1 Å². The molecule has 4 heteroatoms. The van der Waals surface area contributed by atoms with Gasteiger partial charge in [-0.1, -0.05) is 36.9 Å². The number of halogens is 1. The van der Waals surface area contributed by atoms with Crippen LogP contribution in [0.4, 0.5) is 0 Å². The first kappa shape index (κ1) is 15.6. The maximum absolute atomic E-state index is 10.0. The average Bonchev–Trinajstić information content (AvgIpc) is 2.39. The third-order valence-electron chi connectivity index (χ3n) is 2.63. The van der Waals surface area contributed by atoms with E-state index in [1.165, 1.54) is 5.56 Å². The van der Waals surface area contributed by atoms with Crippen LogP contribution in [0.2, 0.25) is 0 Å². The predicted octanol–water partition coefficient (Wildman–Crippen LogP) is 2.92. The van der Waals surface area contributed by atoms with Gasteiger partial charge in [0.2, 0.25) is 0 Å². The molecule has 0 spiro atoms. The zero-order chi connectivity index (χ0) is 13.4. The van der Waals surface area contributed by atoms with Crippen LogP contribution < -0.4 is 0 Å². The molecule has 100 valence electrons. The Morgan fingerprint density at radius 2 is 2.06 bits per heavy atom. The van der Waals surface area contributed by atoms with Crippen molar-refractivity contribution in [2.24, 2.45) is 0 Å². The molecule has 0 saturated carbocycles. The molecule has 0 aliphatic carbocycles. The van der Waals surface area contributed by atoms with Gasteiger partial charge in [-0.3, -0.25) is 0 Å². The van der Waals surface area contributed by atoms with Gasteiger partial charge in [-0.15, -0.1) is 0 Å². The van der Waals surface area contributed by atoms with E-state index in [2.05, 4.69) is 18.7 Å². The molecule has 0 aliphatic rings. The molecule has 0 fully saturated rings. The van der Waals surface area contributed by atoms with E-state index >= 15 is 0 Å². The topological polar surface area (TPSA) is 38.7 Å². The van der Waals surface area contributed by atoms with Crippen molar-refractivity contribution in [1.29, 1.82) is 0 Å². The Hall–Kier alpha value is -0.430. The van der Waals surface area contributed by atoms with Gasteiger partial charge in [0, 0.05) is 10.7 Å². The third-order valence-corrected chi connectivity index (χ3v) is 3.27. The van der Waals surface area contributed by atoms with Gasteiger partial charge in [0.15, 0.2) is 0 Å². The summed E-state index contributed by atoms with van der Waals surface area (Å²) < 4.78 is 11.1. The van der Waals surface area contributed by atoms with Crippen LogP contribution in [-0.2, 0) is 15.9 Å². The molecule has 0 amide bonds. The van der Waals surface area contributed by atoms with Crippen LogP contribution in [0.5, 0.6) is 0 Å². The summed E-state index contributed by atoms with van der Waals surface area (Å²) in [5, 5.41) is 10.0. The summed E-state index contributed by atoms with van der Waals surface area (Å²) in [4.78, 5) is 0. The Morgan fingerprint density at radius 3 is 2.61 bits per heavy atom. The molecule has 0 aromatic heterocycles. The number of aryl methyl sites for hydroxylation is 1. The van der Waals surface area contributed by atoms with E-state index < -0.39 is 6.10 Å². The van der Waals surface area contributed by atoms with Gasteiger partial charge in [-0.25, -0.2) is 0 Å². The Morgan fingerprint density at radius 1 is 1.39 bits per heavy atom. The molecule has 1 aromatic rings. The Balaban J connectivity index is 2.53. The fourth-order valence-corrected chi connectivity index (χ4v) is 2.04. The lowest BCUT2D eigenvalue weighted by Gasteiger charge is -2.22. The third kappa shape index (κ3) is 5.48. The van der Waals surface area contributed by atoms with Gasteiger partial charge in [0.25, 0.3) is 0 Å². The lowest BCUT2D eigenvalue weighted by molar-refractivity contribution is -0.104. The Kier molecular flexibility index (Phi) is 7.50. The standard InChI is InChI=1S/C14H19IO3/c1-11(15)14(16)13(18-10-17-2)9-8-12-6-4-3-5-7-12/h3-7,13-14,16H,1,8-10H2,2H3/t13-,14-/m0/s1. The highest BCUT2D eigenvalue weighted by Crippen LogP contribution is 2.19. The second kappa shape index (κ2) is 8.63. The number of methoxy groups -OCH3 is 1. The van der Waals surface area contributed by atoms with Crippen molar-refractivity contribution in [2.45, 2.75) is 25.0 Å². The van der Waals surface area contributed by atoms with Gasteiger partial charge in [0.1, 0.15) is 12.9 Å². The van der Waals surface area contributed by atoms with Crippen molar-refractivity contribution in [3.8, 4) is 0 Å². The van der Waals surface area contributed by atoms with Crippen LogP contribution in [0.25, 0.3) is 0 Å². The highest BCUT2D eigenvalue weighted by atomic mass is 127. The molecule has 0 unspecified atom stereocenters. The highest BCUT2D eigenvalue weighted by Gasteiger charge is 2.21. The first-order chi connectivity index (χ1) is 8.65. The van der Waals surface area contributed by atoms with Crippen molar-refractivity contribution < 1.29 is 14.6 Å². The molecule has 1 aromatic carbocycles. The molecule has 0 saturated heterocycles. The number of benzene rings is 1. The summed E-state index contributed by atoms with van der Waals surface area (Å²) in [5.74, 6) is 0. The number of rotatable bonds is 8. The van der Waals surface area contributed by atoms with E-state index in [9.17, 15) is 5.11 Å². The molecule has 0 heterocycles. The molecule has 1 N–H and O–H groups in total. The monoisotopic (exact) mass is 362 g/mol. The summed E-state index contributed by atoms with van der Waals surface area (Å²) in [7, 11) is 1.57. The summed E-state index contributed by atoms with van der Waals surface area (Å²) in [6.45, 7) is 3.94. The normalized spacial score (nSPS) is 14.2. The molecular weight excluding hydrogens is 343 g/mol. The average molecular weight is 362 g/mol. The predicted molar refractivity (Wildman–Crippen MR) is 80.7 cm³/mol. The van der Waals surface area contributed by atoms with E-state index in [4.69, 9.17) is 9.47 Å². The number of aliphatic hydroxyl groups is 1. The van der Waals surface area contributed by atoms with Crippen LogP contribution in [0, 0.1) is 0 Å². The summed E-state index contributed by atoms with van der Waals surface area (Å²) in [5.41, 5.74) is 1.23. The maximum atomic E-state index is 10.0. The first-order valence-corrected chi connectivity index (χ1v) is 6.90. The summed E-state index contributed by atoms with van der Waals surface area (Å²) >= 11 is 2.02. The van der Waals surface area contributed by atoms with Crippen molar-refractivity contribution in [3.63, 3.8) is 0 Å². The van der Waals surface area contributed by atoms with Crippen molar-refractivity contribution in [1.82, 2.24) is 0 Å². The molecule has 0 aliphatic heterocycles. The zero-order valence-corrected chi connectivity index (χ0v) is 12.7. The van der Waals surface area contributed by atoms with E-state index in [1.807, 2.05) is 40.8 Å². The van der Waals surface area contributed by atoms with Crippen LogP contribution in [0.3, 0.4) is 0 Å². The van der Waals surface area contributed by atoms with Crippen LogP contribution >= 0.6 is 22.6 Å². The van der Waals surface area contributed by atoms with Gasteiger partial charge < -0.3 is 14.6 Å². The zero-order valence-electron chi connectivity index (χ0n) is 10.5. The summed E-state index contributed by atoms with van der Waals surface area (Å²) in [6, 6.07) is 10.1. The minimum atomic E-state index is -0.663. The lowest BCUT2D eigenvalue weighted by Crippen LogP contribution is -2.30. The second-order valence-electron chi connectivity index (χ2n) is 4.03. The lowest BCUT2D eigenvalue weighted by atomic mass is 10.0. The van der Waals surface area contributed by atoms with Gasteiger partial charge in [0.05, 0.1) is 6.10 Å². The van der Waals surface area contributed by atoms with Gasteiger partial charge in [-0.2, -0.15) is 0 Å². The van der Waals surface area contributed by atoms with Crippen molar-refractivity contribution >= 4 is 22.6 Å². The fourth-order valence-electron chi connectivity index (χ4n) is 1.64. The smallest absolute Gasteiger partial charge is 0.146 e. The van der Waals surface area contributed by atoms with Gasteiger partial charge >= 0.3 is 0 Å². The van der Waals surface area contributed by atoms with E-state index in [1.54, 1.807) is 7.11 Å². The fraction of sp³-hybridized carbons (Fsp3) is 0.429. The van der Waals surface area contributed by atoms with E-state index in [0.29, 0.717) is 3.58 Å². The van der Waals surface area contributed by atoms with E-state index in [-0.39, 0.29) is 12.9 Å².